The Hall–Kier alpha value is -1.72. The summed E-state index contributed by atoms with van der Waals surface area (Å²) in [6.07, 6.45) is 2.50. The first-order valence-corrected chi connectivity index (χ1v) is 6.86. The van der Waals surface area contributed by atoms with Crippen molar-refractivity contribution in [3.63, 3.8) is 0 Å². The number of imide groups is 2. The van der Waals surface area contributed by atoms with Crippen LogP contribution in [0.15, 0.2) is 0 Å². The monoisotopic (exact) mass is 282 g/mol. The number of rotatable bonds is 2. The molecule has 0 spiro atoms. The van der Waals surface area contributed by atoms with E-state index < -0.39 is 0 Å². The van der Waals surface area contributed by atoms with Crippen molar-refractivity contribution in [1.82, 2.24) is 9.80 Å². The molecule has 6 heteroatoms. The lowest BCUT2D eigenvalue weighted by molar-refractivity contribution is -0.150. The van der Waals surface area contributed by atoms with Crippen LogP contribution in [-0.2, 0) is 19.2 Å². The zero-order chi connectivity index (χ0) is 15.4. The molecular formula is C14H22N2O4. The molecule has 0 aromatic carbocycles. The van der Waals surface area contributed by atoms with Gasteiger partial charge in [0.1, 0.15) is 0 Å². The van der Waals surface area contributed by atoms with Gasteiger partial charge >= 0.3 is 0 Å². The fourth-order valence-electron chi connectivity index (χ4n) is 3.05. The lowest BCUT2D eigenvalue weighted by Crippen LogP contribution is -2.49. The SMILES string of the molecule is CC(=O)N(C(C)=O)C1CCC(N(C(C)=O)C(C)=O)CC1. The molecule has 1 aliphatic carbocycles. The fourth-order valence-corrected chi connectivity index (χ4v) is 3.05. The minimum Gasteiger partial charge on any atom is -0.280 e. The second-order valence-electron chi connectivity index (χ2n) is 5.28. The number of hydrogen-bond acceptors (Lipinski definition) is 4. The third-order valence-electron chi connectivity index (χ3n) is 3.75. The second kappa shape index (κ2) is 6.63. The Bertz CT molecular complexity index is 357. The molecule has 0 heterocycles. The minimum absolute atomic E-state index is 0.123. The third-order valence-corrected chi connectivity index (χ3v) is 3.75. The average molecular weight is 282 g/mol. The van der Waals surface area contributed by atoms with Gasteiger partial charge in [-0.3, -0.25) is 29.0 Å². The largest absolute Gasteiger partial charge is 0.280 e. The molecule has 0 aliphatic heterocycles. The fraction of sp³-hybridized carbons (Fsp3) is 0.714. The van der Waals surface area contributed by atoms with Crippen LogP contribution in [0, 0.1) is 0 Å². The maximum absolute atomic E-state index is 11.5. The summed E-state index contributed by atoms with van der Waals surface area (Å²) in [5.74, 6) is -1.02. The lowest BCUT2D eigenvalue weighted by atomic mass is 9.89. The van der Waals surface area contributed by atoms with E-state index in [1.165, 1.54) is 37.5 Å². The molecule has 0 radical (unpaired) electrons. The quantitative estimate of drug-likeness (QED) is 0.759. The molecule has 1 saturated carbocycles. The summed E-state index contributed by atoms with van der Waals surface area (Å²) in [5.41, 5.74) is 0. The molecule has 20 heavy (non-hydrogen) atoms. The van der Waals surface area contributed by atoms with Gasteiger partial charge in [-0.1, -0.05) is 0 Å². The number of carbonyl (C=O) groups excluding carboxylic acids is 4. The van der Waals surface area contributed by atoms with E-state index in [0.29, 0.717) is 25.7 Å². The van der Waals surface area contributed by atoms with Gasteiger partial charge in [-0.05, 0) is 25.7 Å². The van der Waals surface area contributed by atoms with Crippen LogP contribution in [0.1, 0.15) is 53.4 Å². The highest BCUT2D eigenvalue weighted by molar-refractivity contribution is 5.94. The number of nitrogens with zero attached hydrogens (tertiary/aromatic N) is 2. The first-order valence-electron chi connectivity index (χ1n) is 6.86. The summed E-state index contributed by atoms with van der Waals surface area (Å²) in [4.78, 5) is 48.6. The summed E-state index contributed by atoms with van der Waals surface area (Å²) < 4.78 is 0. The molecule has 0 aromatic heterocycles. The first kappa shape index (κ1) is 16.3. The zero-order valence-electron chi connectivity index (χ0n) is 12.5. The molecule has 112 valence electrons. The van der Waals surface area contributed by atoms with Crippen LogP contribution < -0.4 is 0 Å². The van der Waals surface area contributed by atoms with Crippen LogP contribution in [0.5, 0.6) is 0 Å². The second-order valence-corrected chi connectivity index (χ2v) is 5.28. The minimum atomic E-state index is -0.254. The lowest BCUT2D eigenvalue weighted by Gasteiger charge is -2.38. The predicted octanol–water partition coefficient (Wildman–Crippen LogP) is 1.09. The Balaban J connectivity index is 2.72. The summed E-state index contributed by atoms with van der Waals surface area (Å²) in [6.45, 7) is 5.52. The number of amides is 4. The van der Waals surface area contributed by atoms with E-state index in [-0.39, 0.29) is 35.7 Å². The summed E-state index contributed by atoms with van der Waals surface area (Å²) in [5, 5.41) is 0. The Kier molecular flexibility index (Phi) is 5.42. The van der Waals surface area contributed by atoms with Crippen molar-refractivity contribution < 1.29 is 19.2 Å². The van der Waals surface area contributed by atoms with E-state index >= 15 is 0 Å². The van der Waals surface area contributed by atoms with Gasteiger partial charge in [-0.25, -0.2) is 0 Å². The molecular weight excluding hydrogens is 260 g/mol. The van der Waals surface area contributed by atoms with Gasteiger partial charge < -0.3 is 0 Å². The van der Waals surface area contributed by atoms with Crippen LogP contribution in [-0.4, -0.2) is 45.5 Å². The smallest absolute Gasteiger partial charge is 0.226 e. The van der Waals surface area contributed by atoms with Gasteiger partial charge in [-0.15, -0.1) is 0 Å². The molecule has 0 aromatic rings. The van der Waals surface area contributed by atoms with Gasteiger partial charge in [0.2, 0.25) is 23.6 Å². The predicted molar refractivity (Wildman–Crippen MR) is 72.4 cm³/mol. The molecule has 1 rings (SSSR count). The van der Waals surface area contributed by atoms with Crippen molar-refractivity contribution in [1.29, 1.82) is 0 Å². The Morgan fingerprint density at radius 3 is 0.950 bits per heavy atom. The highest BCUT2D eigenvalue weighted by atomic mass is 16.2. The van der Waals surface area contributed by atoms with Gasteiger partial charge in [0, 0.05) is 39.8 Å². The maximum Gasteiger partial charge on any atom is 0.226 e. The van der Waals surface area contributed by atoms with Crippen molar-refractivity contribution in [2.24, 2.45) is 0 Å². The average Bonchev–Trinajstić information content (AvgIpc) is 2.29. The van der Waals surface area contributed by atoms with E-state index in [1.54, 1.807) is 0 Å². The Morgan fingerprint density at radius 2 is 0.800 bits per heavy atom. The molecule has 6 nitrogen and oxygen atoms in total. The van der Waals surface area contributed by atoms with Crippen LogP contribution in [0.3, 0.4) is 0 Å². The highest BCUT2D eigenvalue weighted by Gasteiger charge is 2.33. The topological polar surface area (TPSA) is 74.8 Å². The van der Waals surface area contributed by atoms with Crippen LogP contribution in [0.25, 0.3) is 0 Å². The van der Waals surface area contributed by atoms with E-state index in [1.807, 2.05) is 0 Å². The first-order chi connectivity index (χ1) is 9.25. The molecule has 0 unspecified atom stereocenters. The van der Waals surface area contributed by atoms with Crippen molar-refractivity contribution in [3.05, 3.63) is 0 Å². The maximum atomic E-state index is 11.5. The van der Waals surface area contributed by atoms with Gasteiger partial charge in [0.05, 0.1) is 0 Å². The number of carbonyl (C=O) groups is 4. The standard InChI is InChI=1S/C14H22N2O4/c1-9(17)15(10(2)18)13-5-7-14(8-6-13)16(11(3)19)12(4)20/h13-14H,5-8H2,1-4H3. The van der Waals surface area contributed by atoms with Crippen molar-refractivity contribution >= 4 is 23.6 Å². The summed E-state index contributed by atoms with van der Waals surface area (Å²) in [7, 11) is 0. The molecule has 1 aliphatic rings. The van der Waals surface area contributed by atoms with E-state index in [9.17, 15) is 19.2 Å². The van der Waals surface area contributed by atoms with Crippen molar-refractivity contribution in [2.75, 3.05) is 0 Å². The van der Waals surface area contributed by atoms with Gasteiger partial charge in [0.15, 0.2) is 0 Å². The van der Waals surface area contributed by atoms with Gasteiger partial charge in [-0.2, -0.15) is 0 Å². The summed E-state index contributed by atoms with van der Waals surface area (Å²) in [6, 6.07) is -0.246. The molecule has 1 fully saturated rings. The molecule has 0 N–H and O–H groups in total. The van der Waals surface area contributed by atoms with Gasteiger partial charge in [0.25, 0.3) is 0 Å². The van der Waals surface area contributed by atoms with E-state index in [0.717, 1.165) is 0 Å². The number of hydrogen-bond donors (Lipinski definition) is 0. The molecule has 0 atom stereocenters. The molecule has 0 bridgehead atoms. The van der Waals surface area contributed by atoms with Crippen molar-refractivity contribution in [2.45, 2.75) is 65.5 Å². The van der Waals surface area contributed by atoms with Crippen LogP contribution in [0.4, 0.5) is 0 Å². The van der Waals surface area contributed by atoms with E-state index in [2.05, 4.69) is 0 Å². The van der Waals surface area contributed by atoms with Crippen molar-refractivity contribution in [3.8, 4) is 0 Å². The van der Waals surface area contributed by atoms with E-state index in [4.69, 9.17) is 0 Å². The zero-order valence-corrected chi connectivity index (χ0v) is 12.5. The van der Waals surface area contributed by atoms with Crippen LogP contribution in [0.2, 0.25) is 0 Å². The normalized spacial score (nSPS) is 22.0. The van der Waals surface area contributed by atoms with Crippen LogP contribution >= 0.6 is 0 Å². The Labute approximate surface area is 119 Å². The Morgan fingerprint density at radius 1 is 0.600 bits per heavy atom. The summed E-state index contributed by atoms with van der Waals surface area (Å²) >= 11 is 0. The highest BCUT2D eigenvalue weighted by Crippen LogP contribution is 2.27. The molecule has 0 saturated heterocycles. The third kappa shape index (κ3) is 3.65. The molecule has 4 amide bonds.